The zero-order valence-corrected chi connectivity index (χ0v) is 31.7. The van der Waals surface area contributed by atoms with E-state index < -0.39 is 24.0 Å². The van der Waals surface area contributed by atoms with E-state index in [0.29, 0.717) is 49.4 Å². The first kappa shape index (κ1) is 39.6. The first-order valence-electron chi connectivity index (χ1n) is 19.6. The molecule has 2 aliphatic carbocycles. The minimum atomic E-state index is -4.62. The maximum Gasteiger partial charge on any atom is 0.417 e. The summed E-state index contributed by atoms with van der Waals surface area (Å²) in [7, 11) is 0. The highest BCUT2D eigenvalue weighted by molar-refractivity contribution is 6.31. The Labute approximate surface area is 317 Å². The lowest BCUT2D eigenvalue weighted by molar-refractivity contribution is -0.139. The maximum absolute atomic E-state index is 14.2. The molecular weight excluding hydrogens is 699 g/mol. The second kappa shape index (κ2) is 17.1. The Kier molecular flexibility index (Phi) is 12.8. The van der Waals surface area contributed by atoms with Crippen LogP contribution in [-0.4, -0.2) is 52.1 Å². The Morgan fingerprint density at radius 3 is 2.26 bits per heavy atom. The van der Waals surface area contributed by atoms with Crippen molar-refractivity contribution in [1.29, 1.82) is 0 Å². The number of benzene rings is 2. The third-order valence-corrected chi connectivity index (χ3v) is 13.1. The van der Waals surface area contributed by atoms with Gasteiger partial charge in [0, 0.05) is 50.1 Å². The number of nitrogens with zero attached hydrogens (tertiary/aromatic N) is 2. The average molecular weight is 754 g/mol. The number of fused-ring (bicyclic) bond motifs is 1. The molecule has 2 saturated carbocycles. The van der Waals surface area contributed by atoms with Crippen molar-refractivity contribution in [3.63, 3.8) is 0 Å². The van der Waals surface area contributed by atoms with Crippen molar-refractivity contribution in [1.82, 2.24) is 9.80 Å². The van der Waals surface area contributed by atoms with E-state index in [1.165, 1.54) is 17.7 Å². The first-order chi connectivity index (χ1) is 25.3. The van der Waals surface area contributed by atoms with Gasteiger partial charge in [-0.15, -0.1) is 0 Å². The third kappa shape index (κ3) is 9.76. The summed E-state index contributed by atoms with van der Waals surface area (Å²) in [4.78, 5) is 31.8. The Hall–Kier alpha value is -3.14. The van der Waals surface area contributed by atoms with Crippen molar-refractivity contribution < 1.29 is 27.9 Å². The molecule has 2 unspecified atom stereocenters. The number of carbonyl (C=O) groups is 2. The molecule has 2 aromatic carbocycles. The topological polar surface area (TPSA) is 72.9 Å². The monoisotopic (exact) mass is 753 g/mol. The zero-order chi connectivity index (χ0) is 37.9. The summed E-state index contributed by atoms with van der Waals surface area (Å²) in [5, 5.41) is 13.6. The van der Waals surface area contributed by atoms with Gasteiger partial charge in [-0.2, -0.15) is 13.2 Å². The van der Waals surface area contributed by atoms with Gasteiger partial charge in [0.1, 0.15) is 5.78 Å². The van der Waals surface area contributed by atoms with Crippen molar-refractivity contribution in [3.05, 3.63) is 88.5 Å². The number of rotatable bonds is 11. The molecule has 6 rings (SSSR count). The van der Waals surface area contributed by atoms with E-state index in [0.717, 1.165) is 87.1 Å². The fraction of sp³-hybridized carbons (Fsp3) is 0.581. The number of anilines is 1. The zero-order valence-electron chi connectivity index (χ0n) is 31.0. The van der Waals surface area contributed by atoms with Gasteiger partial charge in [-0.05, 0) is 136 Å². The Bertz CT molecular complexity index is 1640. The largest absolute Gasteiger partial charge is 0.417 e. The van der Waals surface area contributed by atoms with Crippen LogP contribution in [0.1, 0.15) is 101 Å². The van der Waals surface area contributed by atoms with Crippen LogP contribution in [0, 0.1) is 29.6 Å². The van der Waals surface area contributed by atoms with Crippen LogP contribution in [0.3, 0.4) is 0 Å². The molecule has 6 nitrogen and oxygen atoms in total. The second-order valence-corrected chi connectivity index (χ2v) is 16.7. The molecule has 53 heavy (non-hydrogen) atoms. The summed E-state index contributed by atoms with van der Waals surface area (Å²) in [6.45, 7) is 12.2. The standard InChI is InChI=1S/C43H55ClF3N3O3/c1-27(2)28(3)31-11-13-32(14-12-31)33-18-20-49(21-19-33)41(52)35(22-30-10-17-39(44)38(24-30)43(45,46)47)25-37(51)23-29-8-15-36(16-9-29)50-26-34-6-4-5-7-40(34)48-42(50)53/h4-7,10,17,24,29,31-33,35-36,42,48,53H,1,3,8-9,11-16,18-23,25-26H2,2H3. The Balaban J connectivity index is 1.06. The molecule has 10 heteroatoms. The minimum Gasteiger partial charge on any atom is -0.361 e. The molecular formula is C43H55ClF3N3O3. The number of alkyl halides is 3. The van der Waals surface area contributed by atoms with Crippen molar-refractivity contribution in [2.24, 2.45) is 29.6 Å². The number of allylic oxidation sites excluding steroid dienone is 2. The number of para-hydroxylation sites is 1. The number of halogens is 4. The molecule has 1 amide bonds. The highest BCUT2D eigenvalue weighted by Gasteiger charge is 2.38. The molecule has 2 atom stereocenters. The Morgan fingerprint density at radius 1 is 0.943 bits per heavy atom. The van der Waals surface area contributed by atoms with E-state index in [2.05, 4.69) is 29.4 Å². The van der Waals surface area contributed by atoms with Gasteiger partial charge in [-0.25, -0.2) is 0 Å². The van der Waals surface area contributed by atoms with Crippen LogP contribution in [0.15, 0.2) is 66.8 Å². The van der Waals surface area contributed by atoms with Crippen LogP contribution in [0.4, 0.5) is 18.9 Å². The van der Waals surface area contributed by atoms with E-state index in [-0.39, 0.29) is 41.5 Å². The van der Waals surface area contributed by atoms with Gasteiger partial charge in [0.05, 0.1) is 10.6 Å². The molecule has 0 aromatic heterocycles. The molecule has 3 fully saturated rings. The van der Waals surface area contributed by atoms with Crippen LogP contribution in [-0.2, 0) is 28.7 Å². The number of carbonyl (C=O) groups excluding carboxylic acids is 2. The number of amides is 1. The second-order valence-electron chi connectivity index (χ2n) is 16.3. The summed E-state index contributed by atoms with van der Waals surface area (Å²) in [6, 6.07) is 12.0. The quantitative estimate of drug-likeness (QED) is 0.224. The van der Waals surface area contributed by atoms with Gasteiger partial charge in [0.2, 0.25) is 5.91 Å². The number of Topliss-reactive ketones (excluding diaryl/α,β-unsaturated/α-hetero) is 1. The lowest BCUT2D eigenvalue weighted by Gasteiger charge is -2.42. The fourth-order valence-electron chi connectivity index (χ4n) is 9.58. The normalized spacial score (nSPS) is 26.3. The van der Waals surface area contributed by atoms with Gasteiger partial charge < -0.3 is 15.3 Å². The number of hydrogen-bond acceptors (Lipinski definition) is 5. The SMILES string of the molecule is C=C(C)C(=C)C1CCC(C2CCN(C(=O)C(CC(=O)CC3CCC(N4Cc5ccccc5NC4O)CC3)Cc3ccc(Cl)c(C(F)(F)F)c3)CC2)CC1. The lowest BCUT2D eigenvalue weighted by Crippen LogP contribution is -2.50. The highest BCUT2D eigenvalue weighted by atomic mass is 35.5. The molecule has 0 radical (unpaired) electrons. The number of aliphatic hydroxyl groups is 1. The number of aliphatic hydroxyl groups excluding tert-OH is 1. The van der Waals surface area contributed by atoms with E-state index in [1.807, 2.05) is 30.0 Å². The Morgan fingerprint density at radius 2 is 1.60 bits per heavy atom. The smallest absolute Gasteiger partial charge is 0.361 e. The van der Waals surface area contributed by atoms with E-state index >= 15 is 0 Å². The molecule has 4 aliphatic rings. The van der Waals surface area contributed by atoms with Crippen LogP contribution in [0.2, 0.25) is 5.02 Å². The number of nitrogens with one attached hydrogen (secondary N) is 1. The van der Waals surface area contributed by atoms with Crippen LogP contribution in [0.25, 0.3) is 0 Å². The van der Waals surface area contributed by atoms with Gasteiger partial charge in [-0.3, -0.25) is 14.5 Å². The van der Waals surface area contributed by atoms with Crippen molar-refractivity contribution in [3.8, 4) is 0 Å². The lowest BCUT2D eigenvalue weighted by atomic mass is 9.70. The number of ketones is 1. The number of likely N-dealkylation sites (tertiary alicyclic amines) is 1. The number of hydrogen-bond donors (Lipinski definition) is 2. The van der Waals surface area contributed by atoms with Gasteiger partial charge in [0.25, 0.3) is 0 Å². The summed E-state index contributed by atoms with van der Waals surface area (Å²) >= 11 is 5.92. The minimum absolute atomic E-state index is 0.00479. The van der Waals surface area contributed by atoms with E-state index in [1.54, 1.807) is 0 Å². The molecule has 2 heterocycles. The molecule has 2 aliphatic heterocycles. The van der Waals surface area contributed by atoms with Crippen LogP contribution < -0.4 is 5.32 Å². The van der Waals surface area contributed by atoms with E-state index in [4.69, 9.17) is 11.6 Å². The van der Waals surface area contributed by atoms with Crippen LogP contribution in [0.5, 0.6) is 0 Å². The summed E-state index contributed by atoms with van der Waals surface area (Å²) in [6.07, 6.45) is 4.73. The molecule has 0 spiro atoms. The summed E-state index contributed by atoms with van der Waals surface area (Å²) in [5.74, 6) is 0.927. The third-order valence-electron chi connectivity index (χ3n) is 12.7. The number of piperidine rings is 1. The fourth-order valence-corrected chi connectivity index (χ4v) is 9.80. The van der Waals surface area contributed by atoms with E-state index in [9.17, 15) is 27.9 Å². The van der Waals surface area contributed by atoms with Crippen molar-refractivity contribution in [2.45, 2.75) is 116 Å². The first-order valence-corrected chi connectivity index (χ1v) is 19.9. The predicted molar refractivity (Wildman–Crippen MR) is 204 cm³/mol. The highest BCUT2D eigenvalue weighted by Crippen LogP contribution is 2.42. The molecule has 0 bridgehead atoms. The van der Waals surface area contributed by atoms with Gasteiger partial charge in [0.15, 0.2) is 6.35 Å². The molecule has 2 N–H and O–H groups in total. The maximum atomic E-state index is 14.2. The molecule has 1 saturated heterocycles. The van der Waals surface area contributed by atoms with Gasteiger partial charge in [-0.1, -0.05) is 54.6 Å². The average Bonchev–Trinajstić information content (AvgIpc) is 3.14. The molecule has 288 valence electrons. The molecule has 2 aromatic rings. The van der Waals surface area contributed by atoms with Crippen molar-refractivity contribution >= 4 is 29.0 Å². The summed E-state index contributed by atoms with van der Waals surface area (Å²) in [5.41, 5.74) is 3.75. The van der Waals surface area contributed by atoms with Crippen LogP contribution >= 0.6 is 11.6 Å². The van der Waals surface area contributed by atoms with Gasteiger partial charge >= 0.3 is 6.18 Å². The summed E-state index contributed by atoms with van der Waals surface area (Å²) < 4.78 is 41.3. The predicted octanol–water partition coefficient (Wildman–Crippen LogP) is 9.81. The van der Waals surface area contributed by atoms with Crippen molar-refractivity contribution in [2.75, 3.05) is 18.4 Å².